The summed E-state index contributed by atoms with van der Waals surface area (Å²) < 4.78 is 1.51. The van der Waals surface area contributed by atoms with Crippen molar-refractivity contribution in [1.82, 2.24) is 5.32 Å². The van der Waals surface area contributed by atoms with Gasteiger partial charge in [0.15, 0.2) is 0 Å². The molecule has 1 unspecified atom stereocenters. The fraction of sp³-hybridized carbons (Fsp3) is 0.133. The highest BCUT2D eigenvalue weighted by Gasteiger charge is 2.13. The van der Waals surface area contributed by atoms with Crippen LogP contribution in [-0.4, -0.2) is 17.6 Å². The minimum atomic E-state index is -0.777. The Kier molecular flexibility index (Phi) is 5.39. The maximum Gasteiger partial charge on any atom is 0.252 e. The molecule has 0 spiro atoms. The maximum atomic E-state index is 12.1. The van der Waals surface area contributed by atoms with Crippen LogP contribution in [-0.2, 0) is 0 Å². The van der Waals surface area contributed by atoms with Gasteiger partial charge in [-0.25, -0.2) is 0 Å². The number of nitrogens with one attached hydrogen (secondary N) is 1. The van der Waals surface area contributed by atoms with Gasteiger partial charge in [-0.05, 0) is 51.8 Å². The predicted molar refractivity (Wildman–Crippen MR) is 90.0 cm³/mol. The summed E-state index contributed by atoms with van der Waals surface area (Å²) >= 11 is 6.66. The summed E-state index contributed by atoms with van der Waals surface area (Å²) in [6.45, 7) is 0.127. The minimum Gasteiger partial charge on any atom is -0.399 e. The van der Waals surface area contributed by atoms with E-state index in [4.69, 9.17) is 5.73 Å². The van der Waals surface area contributed by atoms with Gasteiger partial charge in [-0.15, -0.1) is 0 Å². The van der Waals surface area contributed by atoms with E-state index < -0.39 is 6.10 Å². The van der Waals surface area contributed by atoms with E-state index in [2.05, 4.69) is 37.2 Å². The molecule has 0 heterocycles. The van der Waals surface area contributed by atoms with Crippen molar-refractivity contribution in [2.75, 3.05) is 12.3 Å². The molecule has 110 valence electrons. The molecule has 0 aliphatic heterocycles. The maximum absolute atomic E-state index is 12.1. The second-order valence-electron chi connectivity index (χ2n) is 4.52. The van der Waals surface area contributed by atoms with Gasteiger partial charge < -0.3 is 16.2 Å². The zero-order valence-corrected chi connectivity index (χ0v) is 14.2. The molecular weight excluding hydrogens is 400 g/mol. The average Bonchev–Trinajstić information content (AvgIpc) is 2.47. The molecule has 1 amide bonds. The minimum absolute atomic E-state index is 0.127. The smallest absolute Gasteiger partial charge is 0.252 e. The molecular formula is C15H14Br2N2O2. The van der Waals surface area contributed by atoms with Gasteiger partial charge in [0.2, 0.25) is 0 Å². The molecule has 1 atom stereocenters. The third-order valence-electron chi connectivity index (χ3n) is 2.95. The number of amides is 1. The van der Waals surface area contributed by atoms with Crippen LogP contribution in [0.25, 0.3) is 0 Å². The molecule has 0 saturated heterocycles. The molecule has 0 aliphatic rings. The Bertz CT molecular complexity index is 645. The van der Waals surface area contributed by atoms with Crippen molar-refractivity contribution < 1.29 is 9.90 Å². The largest absolute Gasteiger partial charge is 0.399 e. The van der Waals surface area contributed by atoms with Gasteiger partial charge >= 0.3 is 0 Å². The monoisotopic (exact) mass is 412 g/mol. The van der Waals surface area contributed by atoms with Crippen molar-refractivity contribution in [3.63, 3.8) is 0 Å². The Balaban J connectivity index is 2.00. The molecule has 4 N–H and O–H groups in total. The second-order valence-corrected chi connectivity index (χ2v) is 6.29. The summed E-state index contributed by atoms with van der Waals surface area (Å²) in [7, 11) is 0. The number of hydrogen-bond acceptors (Lipinski definition) is 3. The average molecular weight is 414 g/mol. The van der Waals surface area contributed by atoms with Crippen molar-refractivity contribution in [3.05, 3.63) is 62.5 Å². The molecule has 0 bridgehead atoms. The number of anilines is 1. The lowest BCUT2D eigenvalue weighted by atomic mass is 10.1. The van der Waals surface area contributed by atoms with Gasteiger partial charge in [-0.3, -0.25) is 4.79 Å². The quantitative estimate of drug-likeness (QED) is 0.673. The fourth-order valence-electron chi connectivity index (χ4n) is 1.79. The summed E-state index contributed by atoms with van der Waals surface area (Å²) in [5.41, 5.74) is 7.44. The highest BCUT2D eigenvalue weighted by Crippen LogP contribution is 2.21. The molecule has 21 heavy (non-hydrogen) atoms. The summed E-state index contributed by atoms with van der Waals surface area (Å²) in [5.74, 6) is -0.252. The SMILES string of the molecule is Nc1ccc(C(O)CNC(=O)c2cc(Br)ccc2Br)cc1. The van der Waals surface area contributed by atoms with Gasteiger partial charge in [0.05, 0.1) is 11.7 Å². The number of halogens is 2. The van der Waals surface area contributed by atoms with Crippen LogP contribution in [0.1, 0.15) is 22.0 Å². The lowest BCUT2D eigenvalue weighted by Gasteiger charge is -2.13. The predicted octanol–water partition coefficient (Wildman–Crippen LogP) is 3.26. The Morgan fingerprint density at radius 1 is 1.19 bits per heavy atom. The van der Waals surface area contributed by atoms with E-state index in [9.17, 15) is 9.90 Å². The first-order valence-electron chi connectivity index (χ1n) is 6.24. The third kappa shape index (κ3) is 4.30. The summed E-state index contributed by atoms with van der Waals surface area (Å²) in [6.07, 6.45) is -0.777. The topological polar surface area (TPSA) is 75.3 Å². The molecule has 0 aromatic heterocycles. The van der Waals surface area contributed by atoms with E-state index in [0.717, 1.165) is 4.47 Å². The lowest BCUT2D eigenvalue weighted by molar-refractivity contribution is 0.0915. The van der Waals surface area contributed by atoms with Crippen molar-refractivity contribution in [1.29, 1.82) is 0 Å². The van der Waals surface area contributed by atoms with Gasteiger partial charge in [-0.1, -0.05) is 28.1 Å². The van der Waals surface area contributed by atoms with E-state index in [0.29, 0.717) is 21.3 Å². The number of nitrogens with two attached hydrogens (primary N) is 1. The molecule has 2 aromatic carbocycles. The van der Waals surface area contributed by atoms with Gasteiger partial charge in [-0.2, -0.15) is 0 Å². The van der Waals surface area contributed by atoms with Crippen LogP contribution in [0, 0.1) is 0 Å². The van der Waals surface area contributed by atoms with Crippen LogP contribution in [0.2, 0.25) is 0 Å². The first-order chi connectivity index (χ1) is 9.97. The molecule has 0 radical (unpaired) electrons. The van der Waals surface area contributed by atoms with Crippen molar-refractivity contribution in [2.24, 2.45) is 0 Å². The van der Waals surface area contributed by atoms with Crippen LogP contribution < -0.4 is 11.1 Å². The van der Waals surface area contributed by atoms with Crippen LogP contribution in [0.15, 0.2) is 51.4 Å². The van der Waals surface area contributed by atoms with Crippen LogP contribution in [0.5, 0.6) is 0 Å². The highest BCUT2D eigenvalue weighted by atomic mass is 79.9. The summed E-state index contributed by atoms with van der Waals surface area (Å²) in [6, 6.07) is 12.2. The van der Waals surface area contributed by atoms with Gasteiger partial charge in [0.25, 0.3) is 5.91 Å². The highest BCUT2D eigenvalue weighted by molar-refractivity contribution is 9.11. The zero-order chi connectivity index (χ0) is 15.4. The summed E-state index contributed by atoms with van der Waals surface area (Å²) in [4.78, 5) is 12.1. The Labute approximate surface area is 139 Å². The fourth-order valence-corrected chi connectivity index (χ4v) is 2.58. The van der Waals surface area contributed by atoms with E-state index >= 15 is 0 Å². The first kappa shape index (κ1) is 16.0. The number of aliphatic hydroxyl groups is 1. The number of carbonyl (C=O) groups excluding carboxylic acids is 1. The molecule has 4 nitrogen and oxygen atoms in total. The molecule has 0 saturated carbocycles. The van der Waals surface area contributed by atoms with Crippen LogP contribution in [0.3, 0.4) is 0 Å². The first-order valence-corrected chi connectivity index (χ1v) is 7.82. The molecule has 6 heteroatoms. The number of carbonyl (C=O) groups is 1. The Hall–Kier alpha value is -1.37. The van der Waals surface area contributed by atoms with Gasteiger partial charge in [0, 0.05) is 21.2 Å². The van der Waals surface area contributed by atoms with Crippen molar-refractivity contribution in [3.8, 4) is 0 Å². The molecule has 0 fully saturated rings. The van der Waals surface area contributed by atoms with Crippen LogP contribution >= 0.6 is 31.9 Å². The molecule has 2 rings (SSSR count). The molecule has 0 aliphatic carbocycles. The molecule has 2 aromatic rings. The number of benzene rings is 2. The van der Waals surface area contributed by atoms with E-state index in [-0.39, 0.29) is 12.5 Å². The number of hydrogen-bond donors (Lipinski definition) is 3. The number of aliphatic hydroxyl groups excluding tert-OH is 1. The normalized spacial score (nSPS) is 12.0. The van der Waals surface area contributed by atoms with Crippen molar-refractivity contribution in [2.45, 2.75) is 6.10 Å². The number of nitrogen functional groups attached to an aromatic ring is 1. The van der Waals surface area contributed by atoms with Crippen LogP contribution in [0.4, 0.5) is 5.69 Å². The lowest BCUT2D eigenvalue weighted by Crippen LogP contribution is -2.28. The Morgan fingerprint density at radius 2 is 1.86 bits per heavy atom. The number of rotatable bonds is 4. The standard InChI is InChI=1S/C15H14Br2N2O2/c16-10-3-6-13(17)12(7-10)15(21)19-8-14(20)9-1-4-11(18)5-2-9/h1-7,14,20H,8,18H2,(H,19,21). The third-order valence-corrected chi connectivity index (χ3v) is 4.13. The van der Waals surface area contributed by atoms with Gasteiger partial charge in [0.1, 0.15) is 0 Å². The van der Waals surface area contributed by atoms with E-state index in [1.54, 1.807) is 36.4 Å². The van der Waals surface area contributed by atoms with E-state index in [1.165, 1.54) is 0 Å². The Morgan fingerprint density at radius 3 is 2.52 bits per heavy atom. The van der Waals surface area contributed by atoms with Crippen molar-refractivity contribution >= 4 is 43.5 Å². The zero-order valence-electron chi connectivity index (χ0n) is 11.0. The second kappa shape index (κ2) is 7.06. The summed E-state index contributed by atoms with van der Waals surface area (Å²) in [5, 5.41) is 12.8. The van der Waals surface area contributed by atoms with E-state index in [1.807, 2.05) is 6.07 Å².